The molecule has 0 aliphatic heterocycles. The van der Waals surface area contributed by atoms with E-state index in [0.29, 0.717) is 11.5 Å². The summed E-state index contributed by atoms with van der Waals surface area (Å²) in [5.41, 5.74) is 12.4. The van der Waals surface area contributed by atoms with Gasteiger partial charge in [0.05, 0.1) is 11.4 Å². The molecular formula is C47H62N2O2. The Morgan fingerprint density at radius 3 is 1.06 bits per heavy atom. The third kappa shape index (κ3) is 9.19. The summed E-state index contributed by atoms with van der Waals surface area (Å²) >= 11 is 0. The van der Waals surface area contributed by atoms with Gasteiger partial charge in [-0.25, -0.2) is 0 Å². The highest BCUT2D eigenvalue weighted by molar-refractivity contribution is 5.88. The number of para-hydroxylation sites is 2. The largest absolute Gasteiger partial charge is 0.507 e. The van der Waals surface area contributed by atoms with Crippen LogP contribution in [0.5, 0.6) is 11.5 Å². The van der Waals surface area contributed by atoms with Crippen molar-refractivity contribution < 1.29 is 10.2 Å². The van der Waals surface area contributed by atoms with Crippen molar-refractivity contribution in [3.63, 3.8) is 0 Å². The first-order valence-corrected chi connectivity index (χ1v) is 18.8. The van der Waals surface area contributed by atoms with E-state index in [4.69, 9.17) is 9.98 Å². The minimum absolute atomic E-state index is 0.168. The van der Waals surface area contributed by atoms with Gasteiger partial charge in [0, 0.05) is 23.6 Å². The lowest BCUT2D eigenvalue weighted by Crippen LogP contribution is -2.11. The molecule has 4 heteroatoms. The van der Waals surface area contributed by atoms with E-state index in [9.17, 15) is 10.2 Å². The summed E-state index contributed by atoms with van der Waals surface area (Å²) in [6.45, 7) is 30.5. The van der Waals surface area contributed by atoms with Crippen molar-refractivity contribution in [1.29, 1.82) is 0 Å². The molecule has 0 aromatic heterocycles. The molecule has 0 aliphatic carbocycles. The van der Waals surface area contributed by atoms with Gasteiger partial charge in [-0.3, -0.25) is 9.98 Å². The first-order valence-electron chi connectivity index (χ1n) is 18.8. The second-order valence-electron chi connectivity index (χ2n) is 17.5. The number of benzene rings is 4. The molecule has 4 nitrogen and oxygen atoms in total. The van der Waals surface area contributed by atoms with Gasteiger partial charge < -0.3 is 10.2 Å². The van der Waals surface area contributed by atoms with Crippen molar-refractivity contribution in [2.75, 3.05) is 0 Å². The van der Waals surface area contributed by atoms with Gasteiger partial charge in [0.15, 0.2) is 0 Å². The average molecular weight is 687 g/mol. The minimum atomic E-state index is -0.168. The Morgan fingerprint density at radius 1 is 0.510 bits per heavy atom. The molecule has 0 saturated carbocycles. The molecule has 4 aromatic rings. The number of aliphatic imine (C=N–C) groups is 2. The Hall–Kier alpha value is -4.18. The summed E-state index contributed by atoms with van der Waals surface area (Å²) in [6, 6.07) is 21.2. The van der Waals surface area contributed by atoms with Crippen LogP contribution in [0.4, 0.5) is 11.4 Å². The van der Waals surface area contributed by atoms with E-state index in [0.717, 1.165) is 40.0 Å². The molecule has 0 saturated heterocycles. The molecule has 51 heavy (non-hydrogen) atoms. The summed E-state index contributed by atoms with van der Waals surface area (Å²) in [6.07, 6.45) is 4.47. The molecule has 4 rings (SSSR count). The maximum atomic E-state index is 11.1. The summed E-state index contributed by atoms with van der Waals surface area (Å²) in [5.74, 6) is 1.68. The van der Waals surface area contributed by atoms with Crippen LogP contribution in [-0.4, -0.2) is 22.6 Å². The quantitative estimate of drug-likeness (QED) is 0.163. The van der Waals surface area contributed by atoms with Crippen molar-refractivity contribution in [3.8, 4) is 11.5 Å². The summed E-state index contributed by atoms with van der Waals surface area (Å²) in [7, 11) is 0. The standard InChI is InChI=1S/C47H62N2O2/c1-28(2)36-22-32(23-37(29(3)4)42(36)48-26-34-17-15-19-40(44(34)50)46(9,10)11)21-33-24-38(30(5)6)43(39(25-33)31(7)8)49-27-35-18-16-20-41(45(35)51)47(12,13)14/h15-20,22-31,50-51H,21H2,1-14H3. The number of hydrogen-bond acceptors (Lipinski definition) is 4. The summed E-state index contributed by atoms with van der Waals surface area (Å²) in [5, 5.41) is 22.3. The van der Waals surface area contributed by atoms with E-state index in [1.54, 1.807) is 0 Å². The molecule has 0 amide bonds. The maximum Gasteiger partial charge on any atom is 0.128 e. The molecule has 0 radical (unpaired) electrons. The van der Waals surface area contributed by atoms with Crippen LogP contribution in [0, 0.1) is 0 Å². The second kappa shape index (κ2) is 15.6. The van der Waals surface area contributed by atoms with Gasteiger partial charge in [0.2, 0.25) is 0 Å². The molecule has 0 aliphatic rings. The lowest BCUT2D eigenvalue weighted by Gasteiger charge is -2.22. The van der Waals surface area contributed by atoms with Crippen LogP contribution in [0.15, 0.2) is 70.6 Å². The molecule has 2 N–H and O–H groups in total. The predicted octanol–water partition coefficient (Wildman–Crippen LogP) is 13.3. The highest BCUT2D eigenvalue weighted by atomic mass is 16.3. The Morgan fingerprint density at radius 2 is 0.804 bits per heavy atom. The van der Waals surface area contributed by atoms with Gasteiger partial charge in [-0.15, -0.1) is 0 Å². The van der Waals surface area contributed by atoms with Crippen LogP contribution >= 0.6 is 0 Å². The Bertz CT molecular complexity index is 1710. The molecule has 272 valence electrons. The van der Waals surface area contributed by atoms with Crippen LogP contribution in [0.25, 0.3) is 0 Å². The normalized spacial score (nSPS) is 12.9. The van der Waals surface area contributed by atoms with Crippen molar-refractivity contribution in [2.45, 2.75) is 138 Å². The van der Waals surface area contributed by atoms with Crippen molar-refractivity contribution >= 4 is 23.8 Å². The lowest BCUT2D eigenvalue weighted by molar-refractivity contribution is 0.445. The Labute approximate surface area is 308 Å². The minimum Gasteiger partial charge on any atom is -0.507 e. The van der Waals surface area contributed by atoms with Crippen molar-refractivity contribution in [2.24, 2.45) is 9.98 Å². The first-order chi connectivity index (χ1) is 23.7. The summed E-state index contributed by atoms with van der Waals surface area (Å²) < 4.78 is 0. The van der Waals surface area contributed by atoms with Crippen molar-refractivity contribution in [1.82, 2.24) is 0 Å². The molecule has 0 fully saturated rings. The van der Waals surface area contributed by atoms with E-state index in [2.05, 4.69) is 121 Å². The van der Waals surface area contributed by atoms with E-state index >= 15 is 0 Å². The van der Waals surface area contributed by atoms with Gasteiger partial charge in [0.25, 0.3) is 0 Å². The number of hydrogen-bond donors (Lipinski definition) is 2. The number of phenolic OH excluding ortho intramolecular Hbond substituents is 2. The zero-order valence-electron chi connectivity index (χ0n) is 33.7. The van der Waals surface area contributed by atoms with Crippen LogP contribution in [0.3, 0.4) is 0 Å². The van der Waals surface area contributed by atoms with Crippen molar-refractivity contribution in [3.05, 3.63) is 116 Å². The first kappa shape index (κ1) is 39.6. The van der Waals surface area contributed by atoms with Gasteiger partial charge in [0.1, 0.15) is 11.5 Å². The SMILES string of the molecule is CC(C)c1cc(Cc2cc(C(C)C)c(N=Cc3cccc(C(C)(C)C)c3O)c(C(C)C)c2)cc(C(C)C)c1N=Cc1cccc(C(C)(C)C)c1O. The monoisotopic (exact) mass is 686 g/mol. The Balaban J connectivity index is 1.80. The molecule has 0 atom stereocenters. The number of rotatable bonds is 10. The average Bonchev–Trinajstić information content (AvgIpc) is 3.02. The van der Waals surface area contributed by atoms with Crippen LogP contribution < -0.4 is 0 Å². The molecule has 0 spiro atoms. The van der Waals surface area contributed by atoms with Gasteiger partial charge >= 0.3 is 0 Å². The van der Waals surface area contributed by atoms with Gasteiger partial charge in [-0.05, 0) is 97.6 Å². The van der Waals surface area contributed by atoms with Crippen LogP contribution in [0.1, 0.15) is 176 Å². The number of phenols is 2. The van der Waals surface area contributed by atoms with Gasteiger partial charge in [-0.1, -0.05) is 145 Å². The second-order valence-corrected chi connectivity index (χ2v) is 17.5. The zero-order chi connectivity index (χ0) is 38.0. The topological polar surface area (TPSA) is 65.2 Å². The lowest BCUT2D eigenvalue weighted by atomic mass is 9.85. The van der Waals surface area contributed by atoms with Crippen LogP contribution in [0.2, 0.25) is 0 Å². The third-order valence-corrected chi connectivity index (χ3v) is 9.77. The third-order valence-electron chi connectivity index (χ3n) is 9.77. The fourth-order valence-corrected chi connectivity index (χ4v) is 6.80. The van der Waals surface area contributed by atoms with E-state index in [-0.39, 0.29) is 34.5 Å². The van der Waals surface area contributed by atoms with Gasteiger partial charge in [-0.2, -0.15) is 0 Å². The molecule has 0 heterocycles. The molecule has 0 bridgehead atoms. The fraction of sp³-hybridized carbons (Fsp3) is 0.447. The van der Waals surface area contributed by atoms with E-state index in [1.165, 1.54) is 33.4 Å². The smallest absolute Gasteiger partial charge is 0.128 e. The van der Waals surface area contributed by atoms with E-state index < -0.39 is 0 Å². The molecule has 4 aromatic carbocycles. The zero-order valence-corrected chi connectivity index (χ0v) is 33.7. The molecular weight excluding hydrogens is 625 g/mol. The molecule has 0 unspecified atom stereocenters. The Kier molecular flexibility index (Phi) is 12.1. The highest BCUT2D eigenvalue weighted by Gasteiger charge is 2.22. The number of nitrogens with zero attached hydrogens (tertiary/aromatic N) is 2. The van der Waals surface area contributed by atoms with E-state index in [1.807, 2.05) is 48.8 Å². The number of aromatic hydroxyl groups is 2. The fourth-order valence-electron chi connectivity index (χ4n) is 6.80. The van der Waals surface area contributed by atoms with Crippen LogP contribution in [-0.2, 0) is 17.3 Å². The summed E-state index contributed by atoms with van der Waals surface area (Å²) in [4.78, 5) is 10.2. The maximum absolute atomic E-state index is 11.1. The predicted molar refractivity (Wildman–Crippen MR) is 220 cm³/mol. The highest BCUT2D eigenvalue weighted by Crippen LogP contribution is 2.41.